The summed E-state index contributed by atoms with van der Waals surface area (Å²) in [5, 5.41) is 6.81. The van der Waals surface area contributed by atoms with Crippen LogP contribution in [0.5, 0.6) is 5.75 Å². The molecule has 0 fully saturated rings. The number of nitrogens with one attached hydrogen (secondary N) is 1. The Bertz CT molecular complexity index is 1370. The van der Waals surface area contributed by atoms with Crippen LogP contribution in [0.15, 0.2) is 77.3 Å². The number of aromatic nitrogens is 1. The number of carbonyl (C=O) groups excluding carboxylic acids is 2. The van der Waals surface area contributed by atoms with Gasteiger partial charge in [-0.1, -0.05) is 29.4 Å². The Morgan fingerprint density at radius 3 is 2.57 bits per heavy atom. The lowest BCUT2D eigenvalue weighted by molar-refractivity contribution is 0.0988. The fraction of sp³-hybridized carbons (Fsp3) is 0.179. The average molecular weight is 468 g/mol. The third-order valence-electron chi connectivity index (χ3n) is 6.18. The fourth-order valence-electron chi connectivity index (χ4n) is 4.20. The second-order valence-electron chi connectivity index (χ2n) is 8.49. The number of anilines is 2. The number of aryl methyl sites for hydroxylation is 2. The second-order valence-corrected chi connectivity index (χ2v) is 8.49. The topological polar surface area (TPSA) is 84.7 Å². The van der Waals surface area contributed by atoms with Crippen molar-refractivity contribution < 1.29 is 18.8 Å². The molecule has 176 valence electrons. The van der Waals surface area contributed by atoms with Crippen molar-refractivity contribution in [3.8, 4) is 5.75 Å². The van der Waals surface area contributed by atoms with Gasteiger partial charge < -0.3 is 19.5 Å². The normalized spacial score (nSPS) is 12.3. The highest BCUT2D eigenvalue weighted by atomic mass is 16.5. The van der Waals surface area contributed by atoms with Crippen LogP contribution in [-0.2, 0) is 13.0 Å². The zero-order valence-corrected chi connectivity index (χ0v) is 19.6. The maximum Gasteiger partial charge on any atom is 0.258 e. The van der Waals surface area contributed by atoms with Gasteiger partial charge in [-0.05, 0) is 74.4 Å². The van der Waals surface area contributed by atoms with E-state index in [9.17, 15) is 9.59 Å². The highest BCUT2D eigenvalue weighted by Crippen LogP contribution is 2.29. The van der Waals surface area contributed by atoms with Gasteiger partial charge in [-0.15, -0.1) is 0 Å². The maximum atomic E-state index is 13.0. The molecule has 7 heteroatoms. The molecule has 0 unspecified atom stereocenters. The van der Waals surface area contributed by atoms with E-state index in [1.165, 1.54) is 5.56 Å². The standard InChI is InChI=1S/C28H25N3O4/c1-18-25(19(2)35-30-18)17-34-24-8-5-7-22(16-24)27(32)29-23-12-10-21(11-13-23)28(33)31-15-14-20-6-3-4-9-26(20)31/h3-13,16H,14-15,17H2,1-2H3,(H,29,32). The van der Waals surface area contributed by atoms with Gasteiger partial charge in [0.15, 0.2) is 0 Å². The molecule has 0 atom stereocenters. The van der Waals surface area contributed by atoms with Gasteiger partial charge in [0.05, 0.1) is 11.3 Å². The van der Waals surface area contributed by atoms with Crippen LogP contribution in [0.3, 0.4) is 0 Å². The average Bonchev–Trinajstić information content (AvgIpc) is 3.45. The molecule has 0 saturated carbocycles. The summed E-state index contributed by atoms with van der Waals surface area (Å²) in [5.74, 6) is 0.980. The summed E-state index contributed by atoms with van der Waals surface area (Å²) >= 11 is 0. The zero-order valence-electron chi connectivity index (χ0n) is 19.6. The van der Waals surface area contributed by atoms with Crippen molar-refractivity contribution >= 4 is 23.2 Å². The Labute approximate surface area is 203 Å². The van der Waals surface area contributed by atoms with Crippen LogP contribution in [0.1, 0.15) is 43.3 Å². The largest absolute Gasteiger partial charge is 0.489 e. The highest BCUT2D eigenvalue weighted by molar-refractivity contribution is 6.08. The second kappa shape index (κ2) is 9.46. The Morgan fingerprint density at radius 1 is 1.00 bits per heavy atom. The monoisotopic (exact) mass is 467 g/mol. The van der Waals surface area contributed by atoms with Crippen LogP contribution in [0.2, 0.25) is 0 Å². The molecular formula is C28H25N3O4. The molecular weight excluding hydrogens is 442 g/mol. The third-order valence-corrected chi connectivity index (χ3v) is 6.18. The summed E-state index contributed by atoms with van der Waals surface area (Å²) in [4.78, 5) is 27.6. The third kappa shape index (κ3) is 4.66. The van der Waals surface area contributed by atoms with Gasteiger partial charge in [-0.25, -0.2) is 0 Å². The number of nitrogens with zero attached hydrogens (tertiary/aromatic N) is 2. The molecule has 0 radical (unpaired) electrons. The summed E-state index contributed by atoms with van der Waals surface area (Å²) in [7, 11) is 0. The summed E-state index contributed by atoms with van der Waals surface area (Å²) in [6.07, 6.45) is 0.858. The minimum absolute atomic E-state index is 0.0454. The van der Waals surface area contributed by atoms with Gasteiger partial charge in [0.2, 0.25) is 0 Å². The van der Waals surface area contributed by atoms with Crippen LogP contribution in [0.4, 0.5) is 11.4 Å². The van der Waals surface area contributed by atoms with Gasteiger partial charge in [0, 0.05) is 29.0 Å². The molecule has 1 aliphatic rings. The van der Waals surface area contributed by atoms with Crippen molar-refractivity contribution in [1.29, 1.82) is 0 Å². The van der Waals surface area contributed by atoms with Gasteiger partial charge in [0.1, 0.15) is 18.1 Å². The molecule has 1 aromatic heterocycles. The van der Waals surface area contributed by atoms with E-state index in [0.717, 1.165) is 23.4 Å². The molecule has 35 heavy (non-hydrogen) atoms. The van der Waals surface area contributed by atoms with Gasteiger partial charge in [-0.2, -0.15) is 0 Å². The molecule has 0 spiro atoms. The molecule has 0 saturated heterocycles. The number of amides is 2. The number of benzene rings is 3. The molecule has 5 rings (SSSR count). The van der Waals surface area contributed by atoms with Gasteiger partial charge in [0.25, 0.3) is 11.8 Å². The van der Waals surface area contributed by atoms with Crippen LogP contribution >= 0.6 is 0 Å². The smallest absolute Gasteiger partial charge is 0.258 e. The SMILES string of the molecule is Cc1noc(C)c1COc1cccc(C(=O)Nc2ccc(C(=O)N3CCc4ccccc43)cc2)c1. The van der Waals surface area contributed by atoms with Crippen molar-refractivity contribution in [2.45, 2.75) is 26.9 Å². The molecule has 7 nitrogen and oxygen atoms in total. The number of fused-ring (bicyclic) bond motifs is 1. The first kappa shape index (κ1) is 22.4. The van der Waals surface area contributed by atoms with Crippen molar-refractivity contribution in [3.05, 3.63) is 107 Å². The summed E-state index contributed by atoms with van der Waals surface area (Å²) in [5.41, 5.74) is 5.48. The van der Waals surface area contributed by atoms with E-state index in [2.05, 4.69) is 16.5 Å². The quantitative estimate of drug-likeness (QED) is 0.415. The molecule has 2 heterocycles. The minimum Gasteiger partial charge on any atom is -0.489 e. The van der Waals surface area contributed by atoms with Crippen LogP contribution in [0, 0.1) is 13.8 Å². The Morgan fingerprint density at radius 2 is 1.80 bits per heavy atom. The predicted octanol–water partition coefficient (Wildman–Crippen LogP) is 5.33. The van der Waals surface area contributed by atoms with E-state index in [4.69, 9.17) is 9.26 Å². The highest BCUT2D eigenvalue weighted by Gasteiger charge is 2.25. The van der Waals surface area contributed by atoms with E-state index < -0.39 is 0 Å². The number of hydrogen-bond donors (Lipinski definition) is 1. The van der Waals surface area contributed by atoms with Crippen molar-refractivity contribution in [1.82, 2.24) is 5.16 Å². The first-order chi connectivity index (χ1) is 17.0. The van der Waals surface area contributed by atoms with Crippen LogP contribution in [0.25, 0.3) is 0 Å². The molecule has 4 aromatic rings. The predicted molar refractivity (Wildman–Crippen MR) is 133 cm³/mol. The Kier molecular flexibility index (Phi) is 6.06. The molecule has 1 aliphatic heterocycles. The van der Waals surface area contributed by atoms with E-state index in [1.54, 1.807) is 53.4 Å². The molecule has 3 aromatic carbocycles. The number of rotatable bonds is 6. The number of carbonyl (C=O) groups is 2. The van der Waals surface area contributed by atoms with Gasteiger partial charge >= 0.3 is 0 Å². The van der Waals surface area contributed by atoms with Crippen molar-refractivity contribution in [2.24, 2.45) is 0 Å². The maximum absolute atomic E-state index is 13.0. The summed E-state index contributed by atoms with van der Waals surface area (Å²) < 4.78 is 11.0. The lowest BCUT2D eigenvalue weighted by Crippen LogP contribution is -2.28. The van der Waals surface area contributed by atoms with E-state index in [-0.39, 0.29) is 11.8 Å². The van der Waals surface area contributed by atoms with Gasteiger partial charge in [-0.3, -0.25) is 9.59 Å². The Hall–Kier alpha value is -4.39. The molecule has 1 N–H and O–H groups in total. The zero-order chi connectivity index (χ0) is 24.4. The van der Waals surface area contributed by atoms with E-state index in [1.807, 2.05) is 32.0 Å². The lowest BCUT2D eigenvalue weighted by atomic mass is 10.1. The minimum atomic E-state index is -0.264. The summed E-state index contributed by atoms with van der Waals surface area (Å²) in [6, 6.07) is 21.9. The molecule has 0 bridgehead atoms. The van der Waals surface area contributed by atoms with Crippen LogP contribution in [-0.4, -0.2) is 23.5 Å². The lowest BCUT2D eigenvalue weighted by Gasteiger charge is -2.17. The summed E-state index contributed by atoms with van der Waals surface area (Å²) in [6.45, 7) is 4.68. The Balaban J connectivity index is 1.23. The van der Waals surface area contributed by atoms with E-state index >= 15 is 0 Å². The first-order valence-corrected chi connectivity index (χ1v) is 11.5. The molecule has 2 amide bonds. The first-order valence-electron chi connectivity index (χ1n) is 11.5. The molecule has 0 aliphatic carbocycles. The number of para-hydroxylation sites is 1. The van der Waals surface area contributed by atoms with Crippen molar-refractivity contribution in [2.75, 3.05) is 16.8 Å². The van der Waals surface area contributed by atoms with Crippen molar-refractivity contribution in [3.63, 3.8) is 0 Å². The number of ether oxygens (including phenoxy) is 1. The fourth-order valence-corrected chi connectivity index (χ4v) is 4.20. The number of hydrogen-bond acceptors (Lipinski definition) is 5. The van der Waals surface area contributed by atoms with Crippen LogP contribution < -0.4 is 15.0 Å². The van der Waals surface area contributed by atoms with E-state index in [0.29, 0.717) is 41.5 Å².